The second-order valence-electron chi connectivity index (χ2n) is 5.38. The van der Waals surface area contributed by atoms with Crippen LogP contribution in [-0.4, -0.2) is 11.8 Å². The van der Waals surface area contributed by atoms with Gasteiger partial charge in [-0.25, -0.2) is 4.39 Å². The van der Waals surface area contributed by atoms with Gasteiger partial charge in [-0.15, -0.1) is 0 Å². The molecular formula is C16H12Cl2FN3O2. The molecule has 0 bridgehead atoms. The summed E-state index contributed by atoms with van der Waals surface area (Å²) in [5.41, 5.74) is 7.07. The average molecular weight is 368 g/mol. The molecule has 0 saturated carbocycles. The smallest absolute Gasteiger partial charge is 0.232 e. The first-order valence-corrected chi connectivity index (χ1v) is 7.75. The number of anilines is 3. The number of nitrogens with one attached hydrogen (secondary N) is 2. The Morgan fingerprint density at radius 3 is 2.58 bits per heavy atom. The van der Waals surface area contributed by atoms with E-state index in [1.54, 1.807) is 0 Å². The summed E-state index contributed by atoms with van der Waals surface area (Å²) in [4.78, 5) is 24.4. The van der Waals surface area contributed by atoms with Gasteiger partial charge in [-0.3, -0.25) is 9.59 Å². The van der Waals surface area contributed by atoms with Crippen LogP contribution in [-0.2, 0) is 9.59 Å². The van der Waals surface area contributed by atoms with Crippen LogP contribution in [0.1, 0.15) is 17.9 Å². The van der Waals surface area contributed by atoms with E-state index in [1.807, 2.05) is 0 Å². The second-order valence-corrected chi connectivity index (χ2v) is 6.19. The van der Waals surface area contributed by atoms with Crippen LogP contribution in [0, 0.1) is 5.82 Å². The van der Waals surface area contributed by atoms with Gasteiger partial charge in [-0.1, -0.05) is 29.3 Å². The van der Waals surface area contributed by atoms with Crippen LogP contribution in [0.4, 0.5) is 21.5 Å². The molecule has 1 heterocycles. The highest BCUT2D eigenvalue weighted by Crippen LogP contribution is 2.35. The SMILES string of the molecule is Nc1c(Cl)cc(NC(=O)C2CC(=O)Nc3cc(F)ccc32)cc1Cl. The van der Waals surface area contributed by atoms with Crippen molar-refractivity contribution in [2.75, 3.05) is 16.4 Å². The largest absolute Gasteiger partial charge is 0.396 e. The van der Waals surface area contributed by atoms with Gasteiger partial charge in [-0.05, 0) is 29.8 Å². The Balaban J connectivity index is 1.90. The van der Waals surface area contributed by atoms with Gasteiger partial charge in [0.1, 0.15) is 5.82 Å². The molecule has 0 aliphatic carbocycles. The van der Waals surface area contributed by atoms with Gasteiger partial charge < -0.3 is 16.4 Å². The summed E-state index contributed by atoms with van der Waals surface area (Å²) >= 11 is 11.9. The third-order valence-electron chi connectivity index (χ3n) is 3.72. The zero-order chi connectivity index (χ0) is 17.4. The van der Waals surface area contributed by atoms with Crippen molar-refractivity contribution in [1.29, 1.82) is 0 Å². The topological polar surface area (TPSA) is 84.2 Å². The van der Waals surface area contributed by atoms with E-state index >= 15 is 0 Å². The number of hydrogen-bond acceptors (Lipinski definition) is 3. The quantitative estimate of drug-likeness (QED) is 0.706. The monoisotopic (exact) mass is 367 g/mol. The van der Waals surface area contributed by atoms with Crippen molar-refractivity contribution < 1.29 is 14.0 Å². The highest BCUT2D eigenvalue weighted by molar-refractivity contribution is 6.39. The third-order valence-corrected chi connectivity index (χ3v) is 4.34. The van der Waals surface area contributed by atoms with Crippen molar-refractivity contribution in [3.05, 3.63) is 51.8 Å². The molecule has 0 radical (unpaired) electrons. The van der Waals surface area contributed by atoms with Crippen LogP contribution < -0.4 is 16.4 Å². The molecule has 1 atom stereocenters. The fourth-order valence-corrected chi connectivity index (χ4v) is 3.04. The Morgan fingerprint density at radius 2 is 1.92 bits per heavy atom. The van der Waals surface area contributed by atoms with Crippen LogP contribution in [0.5, 0.6) is 0 Å². The van der Waals surface area contributed by atoms with Gasteiger partial charge in [0.2, 0.25) is 11.8 Å². The standard InChI is InChI=1S/C16H12Cl2FN3O2/c17-11-4-8(5-12(18)15(11)20)21-16(24)10-6-14(23)22-13-3-7(19)1-2-9(10)13/h1-5,10H,6,20H2,(H,21,24)(H,22,23). The van der Waals surface area contributed by atoms with Crippen molar-refractivity contribution in [3.8, 4) is 0 Å². The number of benzene rings is 2. The summed E-state index contributed by atoms with van der Waals surface area (Å²) < 4.78 is 13.3. The third kappa shape index (κ3) is 3.16. The van der Waals surface area contributed by atoms with Crippen molar-refractivity contribution >= 4 is 52.1 Å². The molecule has 0 saturated heterocycles. The molecule has 1 aliphatic rings. The number of halogens is 3. The maximum Gasteiger partial charge on any atom is 0.232 e. The molecule has 2 aromatic rings. The molecule has 2 amide bonds. The molecule has 3 rings (SSSR count). The van der Waals surface area contributed by atoms with Crippen molar-refractivity contribution in [2.45, 2.75) is 12.3 Å². The fourth-order valence-electron chi connectivity index (χ4n) is 2.56. The highest BCUT2D eigenvalue weighted by atomic mass is 35.5. The molecular weight excluding hydrogens is 356 g/mol. The van der Waals surface area contributed by atoms with Crippen LogP contribution in [0.25, 0.3) is 0 Å². The molecule has 24 heavy (non-hydrogen) atoms. The van der Waals surface area contributed by atoms with E-state index in [2.05, 4.69) is 10.6 Å². The molecule has 5 nitrogen and oxygen atoms in total. The minimum absolute atomic E-state index is 0.0408. The van der Waals surface area contributed by atoms with E-state index in [4.69, 9.17) is 28.9 Å². The summed E-state index contributed by atoms with van der Waals surface area (Å²) in [7, 11) is 0. The predicted octanol–water partition coefficient (Wildman–Crippen LogP) is 3.78. The number of fused-ring (bicyclic) bond motifs is 1. The maximum absolute atomic E-state index is 13.3. The van der Waals surface area contributed by atoms with Crippen LogP contribution >= 0.6 is 23.2 Å². The lowest BCUT2D eigenvalue weighted by molar-refractivity contribution is -0.123. The molecule has 0 aromatic heterocycles. The molecule has 2 aromatic carbocycles. The van der Waals surface area contributed by atoms with Crippen LogP contribution in [0.2, 0.25) is 10.0 Å². The number of nitrogens with two attached hydrogens (primary N) is 1. The number of nitrogen functional groups attached to an aromatic ring is 1. The van der Waals surface area contributed by atoms with Gasteiger partial charge in [0.05, 0.1) is 21.7 Å². The van der Waals surface area contributed by atoms with Crippen LogP contribution in [0.15, 0.2) is 30.3 Å². The van der Waals surface area contributed by atoms with Crippen LogP contribution in [0.3, 0.4) is 0 Å². The van der Waals surface area contributed by atoms with Crippen molar-refractivity contribution in [1.82, 2.24) is 0 Å². The maximum atomic E-state index is 13.3. The number of carbonyl (C=O) groups is 2. The van der Waals surface area contributed by atoms with Gasteiger partial charge in [0.15, 0.2) is 0 Å². The van der Waals surface area contributed by atoms with Gasteiger partial charge in [0, 0.05) is 17.8 Å². The first-order chi connectivity index (χ1) is 11.3. The molecule has 1 aliphatic heterocycles. The lowest BCUT2D eigenvalue weighted by Gasteiger charge is -2.25. The Kier molecular flexibility index (Phi) is 4.34. The van der Waals surface area contributed by atoms with Gasteiger partial charge in [-0.2, -0.15) is 0 Å². The Morgan fingerprint density at radius 1 is 1.25 bits per heavy atom. The molecule has 124 valence electrons. The Labute approximate surface area is 146 Å². The van der Waals surface area contributed by atoms with Gasteiger partial charge in [0.25, 0.3) is 0 Å². The van der Waals surface area contributed by atoms with Crippen molar-refractivity contribution in [3.63, 3.8) is 0 Å². The Hall–Kier alpha value is -2.31. The van der Waals surface area contributed by atoms with E-state index in [0.29, 0.717) is 16.9 Å². The van der Waals surface area contributed by atoms with E-state index in [0.717, 1.165) is 0 Å². The van der Waals surface area contributed by atoms with E-state index in [-0.39, 0.29) is 28.1 Å². The molecule has 0 fully saturated rings. The minimum atomic E-state index is -0.746. The first-order valence-electron chi connectivity index (χ1n) is 7.00. The number of hydrogen-bond donors (Lipinski definition) is 3. The molecule has 1 unspecified atom stereocenters. The molecule has 0 spiro atoms. The molecule has 8 heteroatoms. The van der Waals surface area contributed by atoms with E-state index in [1.165, 1.54) is 30.3 Å². The first kappa shape index (κ1) is 16.5. The summed E-state index contributed by atoms with van der Waals surface area (Å²) in [5.74, 6) is -2.02. The summed E-state index contributed by atoms with van der Waals surface area (Å²) in [5, 5.41) is 5.64. The summed E-state index contributed by atoms with van der Waals surface area (Å²) in [6.45, 7) is 0. The average Bonchev–Trinajstić information content (AvgIpc) is 2.51. The highest BCUT2D eigenvalue weighted by Gasteiger charge is 2.31. The van der Waals surface area contributed by atoms with Gasteiger partial charge >= 0.3 is 0 Å². The molecule has 4 N–H and O–H groups in total. The number of carbonyl (C=O) groups excluding carboxylic acids is 2. The normalized spacial score (nSPS) is 16.3. The minimum Gasteiger partial charge on any atom is -0.396 e. The second kappa shape index (κ2) is 6.30. The lowest BCUT2D eigenvalue weighted by Crippen LogP contribution is -2.30. The Bertz CT molecular complexity index is 834. The summed E-state index contributed by atoms with van der Waals surface area (Å²) in [6.07, 6.45) is -0.0408. The zero-order valence-electron chi connectivity index (χ0n) is 12.2. The lowest BCUT2D eigenvalue weighted by atomic mass is 9.89. The number of amides is 2. The fraction of sp³-hybridized carbons (Fsp3) is 0.125. The predicted molar refractivity (Wildman–Crippen MR) is 91.9 cm³/mol. The summed E-state index contributed by atoms with van der Waals surface area (Å²) in [6, 6.07) is 6.85. The van der Waals surface area contributed by atoms with Crippen molar-refractivity contribution in [2.24, 2.45) is 0 Å². The van der Waals surface area contributed by atoms with E-state index in [9.17, 15) is 14.0 Å². The number of rotatable bonds is 2. The van der Waals surface area contributed by atoms with E-state index < -0.39 is 17.6 Å². The zero-order valence-corrected chi connectivity index (χ0v) is 13.7.